The molecule has 3 heterocycles. The van der Waals surface area contributed by atoms with Crippen molar-refractivity contribution < 1.29 is 16.8 Å². The Labute approximate surface area is 198 Å². The van der Waals surface area contributed by atoms with Crippen LogP contribution < -0.4 is 0 Å². The van der Waals surface area contributed by atoms with E-state index >= 15 is 0 Å². The summed E-state index contributed by atoms with van der Waals surface area (Å²) < 4.78 is 55.9. The van der Waals surface area contributed by atoms with E-state index in [1.807, 2.05) is 41.9 Å². The van der Waals surface area contributed by atoms with E-state index in [0.717, 1.165) is 22.6 Å². The van der Waals surface area contributed by atoms with Gasteiger partial charge in [-0.3, -0.25) is 0 Å². The van der Waals surface area contributed by atoms with Gasteiger partial charge in [0.15, 0.2) is 0 Å². The van der Waals surface area contributed by atoms with Gasteiger partial charge in [0.1, 0.15) is 0 Å². The van der Waals surface area contributed by atoms with Crippen molar-refractivity contribution in [2.24, 2.45) is 5.92 Å². The lowest BCUT2D eigenvalue weighted by Gasteiger charge is -2.30. The summed E-state index contributed by atoms with van der Waals surface area (Å²) in [6.45, 7) is 3.58. The van der Waals surface area contributed by atoms with Crippen molar-refractivity contribution in [1.29, 1.82) is 0 Å². The van der Waals surface area contributed by atoms with Gasteiger partial charge < -0.3 is 0 Å². The van der Waals surface area contributed by atoms with Crippen LogP contribution in [0.4, 0.5) is 0 Å². The monoisotopic (exact) mass is 510 g/mol. The average Bonchev–Trinajstić information content (AvgIpc) is 3.48. The summed E-state index contributed by atoms with van der Waals surface area (Å²) in [7, 11) is -7.44. The van der Waals surface area contributed by atoms with Crippen molar-refractivity contribution in [3.8, 4) is 0 Å². The van der Waals surface area contributed by atoms with Gasteiger partial charge in [0.05, 0.1) is 9.79 Å². The zero-order chi connectivity index (χ0) is 22.8. The van der Waals surface area contributed by atoms with E-state index in [9.17, 15) is 16.8 Å². The van der Waals surface area contributed by atoms with Gasteiger partial charge in [-0.05, 0) is 65.9 Å². The molecule has 3 aromatic rings. The molecule has 0 unspecified atom stereocenters. The molecule has 172 valence electrons. The molecule has 1 aromatic carbocycles. The topological polar surface area (TPSA) is 74.8 Å². The van der Waals surface area contributed by atoms with Gasteiger partial charge in [-0.25, -0.2) is 16.8 Å². The fourth-order valence-electron chi connectivity index (χ4n) is 3.82. The molecule has 0 spiro atoms. The summed E-state index contributed by atoms with van der Waals surface area (Å²) in [5, 5.41) is 3.85. The number of thiophene rings is 2. The minimum absolute atomic E-state index is 0.0941. The molecule has 0 bridgehead atoms. The van der Waals surface area contributed by atoms with Gasteiger partial charge in [-0.15, -0.1) is 22.7 Å². The van der Waals surface area contributed by atoms with Crippen molar-refractivity contribution in [2.75, 3.05) is 13.1 Å². The molecule has 0 saturated carbocycles. The normalized spacial score (nSPS) is 18.2. The average molecular weight is 511 g/mol. The highest BCUT2D eigenvalue weighted by molar-refractivity contribution is 7.89. The number of hydrogen-bond acceptors (Lipinski definition) is 6. The summed E-state index contributed by atoms with van der Waals surface area (Å²) in [5.74, 6) is 0.321. The lowest BCUT2D eigenvalue weighted by atomic mass is 10.0. The van der Waals surface area contributed by atoms with Crippen molar-refractivity contribution in [1.82, 2.24) is 8.61 Å². The first-order valence-electron chi connectivity index (χ1n) is 10.4. The first-order valence-corrected chi connectivity index (χ1v) is 15.1. The van der Waals surface area contributed by atoms with Crippen LogP contribution in [0.15, 0.2) is 69.1 Å². The molecule has 0 N–H and O–H groups in total. The number of nitrogens with zero attached hydrogens (tertiary/aromatic N) is 2. The second kappa shape index (κ2) is 9.74. The fraction of sp³-hybridized carbons (Fsp3) is 0.364. The number of sulfonamides is 2. The van der Waals surface area contributed by atoms with Gasteiger partial charge in [-0.2, -0.15) is 8.61 Å². The molecule has 1 aliphatic heterocycles. The molecule has 1 aliphatic rings. The predicted molar refractivity (Wildman–Crippen MR) is 129 cm³/mol. The quantitative estimate of drug-likeness (QED) is 0.443. The third kappa shape index (κ3) is 5.16. The highest BCUT2D eigenvalue weighted by atomic mass is 32.2. The second-order valence-electron chi connectivity index (χ2n) is 8.01. The second-order valence-corrected chi connectivity index (χ2v) is 14.0. The Hall–Kier alpha value is -1.56. The van der Waals surface area contributed by atoms with E-state index in [-0.39, 0.29) is 22.9 Å². The van der Waals surface area contributed by atoms with Crippen LogP contribution in [0.1, 0.15) is 29.5 Å². The molecule has 6 nitrogen and oxygen atoms in total. The van der Waals surface area contributed by atoms with Crippen LogP contribution in [0, 0.1) is 5.92 Å². The Morgan fingerprint density at radius 1 is 0.906 bits per heavy atom. The summed E-state index contributed by atoms with van der Waals surface area (Å²) in [4.78, 5) is 2.12. The molecule has 32 heavy (non-hydrogen) atoms. The van der Waals surface area contributed by atoms with Gasteiger partial charge >= 0.3 is 0 Å². The smallest absolute Gasteiger partial charge is 0.207 e. The largest absolute Gasteiger partial charge is 0.243 e. The van der Waals surface area contributed by atoms with Crippen molar-refractivity contribution in [3.63, 3.8) is 0 Å². The summed E-state index contributed by atoms with van der Waals surface area (Å²) >= 11 is 3.02. The van der Waals surface area contributed by atoms with Crippen LogP contribution in [0.25, 0.3) is 0 Å². The van der Waals surface area contributed by atoms with E-state index in [2.05, 4.69) is 0 Å². The van der Waals surface area contributed by atoms with E-state index in [1.165, 1.54) is 55.5 Å². The molecular formula is C22H26N2O4S4. The van der Waals surface area contributed by atoms with Crippen molar-refractivity contribution >= 4 is 42.7 Å². The molecule has 4 rings (SSSR count). The molecular weight excluding hydrogens is 485 g/mol. The highest BCUT2D eigenvalue weighted by Crippen LogP contribution is 2.27. The maximum absolute atomic E-state index is 13.5. The van der Waals surface area contributed by atoms with E-state index in [4.69, 9.17) is 0 Å². The molecule has 0 radical (unpaired) electrons. The summed E-state index contributed by atoms with van der Waals surface area (Å²) in [5.41, 5.74) is 0. The number of piperidine rings is 1. The van der Waals surface area contributed by atoms with Gasteiger partial charge in [0.25, 0.3) is 0 Å². The van der Waals surface area contributed by atoms with Crippen LogP contribution in [0.3, 0.4) is 0 Å². The fourth-order valence-corrected chi connectivity index (χ4v) is 8.42. The first kappa shape index (κ1) is 23.6. The molecule has 1 atom stereocenters. The van der Waals surface area contributed by atoms with Gasteiger partial charge in [0.2, 0.25) is 20.0 Å². The third-order valence-electron chi connectivity index (χ3n) is 5.54. The van der Waals surface area contributed by atoms with Crippen molar-refractivity contribution in [3.05, 3.63) is 69.0 Å². The number of benzene rings is 1. The van der Waals surface area contributed by atoms with Crippen LogP contribution in [0.2, 0.25) is 0 Å². The van der Waals surface area contributed by atoms with Crippen LogP contribution >= 0.6 is 22.7 Å². The minimum Gasteiger partial charge on any atom is -0.207 e. The lowest BCUT2D eigenvalue weighted by Crippen LogP contribution is -2.39. The third-order valence-corrected chi connectivity index (χ3v) is 11.0. The molecule has 10 heteroatoms. The molecule has 0 amide bonds. The SMILES string of the molecule is C[C@H]1CCCN(S(=O)(=O)c2ccc(S(=O)(=O)N(Cc3cccs3)Cc3cccs3)cc2)C1. The minimum atomic E-state index is -3.81. The molecule has 1 saturated heterocycles. The van der Waals surface area contributed by atoms with Crippen LogP contribution in [0.5, 0.6) is 0 Å². The predicted octanol–water partition coefficient (Wildman–Crippen LogP) is 4.62. The Balaban J connectivity index is 1.60. The van der Waals surface area contributed by atoms with E-state index < -0.39 is 20.0 Å². The Bertz CT molecular complexity index is 1180. The molecule has 2 aromatic heterocycles. The summed E-state index contributed by atoms with van der Waals surface area (Å²) in [6, 6.07) is 13.3. The standard InChI is InChI=1S/C22H26N2O4S4/c1-18-5-2-12-23(15-18)31(25,26)21-8-10-22(11-9-21)32(27,28)24(16-19-6-3-13-29-19)17-20-7-4-14-30-20/h3-4,6-11,13-14,18H,2,5,12,15-17H2,1H3/t18-/m0/s1. The van der Waals surface area contributed by atoms with Crippen molar-refractivity contribution in [2.45, 2.75) is 42.6 Å². The Morgan fingerprint density at radius 3 is 1.97 bits per heavy atom. The Morgan fingerprint density at radius 2 is 1.47 bits per heavy atom. The van der Waals surface area contributed by atoms with Crippen LogP contribution in [-0.2, 0) is 33.1 Å². The summed E-state index contributed by atoms with van der Waals surface area (Å²) in [6.07, 6.45) is 1.86. The molecule has 0 aliphatic carbocycles. The highest BCUT2D eigenvalue weighted by Gasteiger charge is 2.30. The lowest BCUT2D eigenvalue weighted by molar-refractivity contribution is 0.281. The van der Waals surface area contributed by atoms with Gasteiger partial charge in [-0.1, -0.05) is 19.1 Å². The maximum Gasteiger partial charge on any atom is 0.243 e. The van der Waals surface area contributed by atoms with Gasteiger partial charge in [0, 0.05) is 35.9 Å². The molecule has 1 fully saturated rings. The van der Waals surface area contributed by atoms with E-state index in [0.29, 0.717) is 19.0 Å². The number of rotatable bonds is 8. The first-order chi connectivity index (χ1) is 15.3. The maximum atomic E-state index is 13.5. The zero-order valence-corrected chi connectivity index (χ0v) is 21.0. The Kier molecular flexibility index (Phi) is 7.18. The zero-order valence-electron chi connectivity index (χ0n) is 17.8. The van der Waals surface area contributed by atoms with Crippen LogP contribution in [-0.4, -0.2) is 38.5 Å². The number of hydrogen-bond donors (Lipinski definition) is 0. The van der Waals surface area contributed by atoms with E-state index in [1.54, 1.807) is 0 Å².